The van der Waals surface area contributed by atoms with Crippen LogP contribution in [0.25, 0.3) is 0 Å². The Morgan fingerprint density at radius 3 is 2.14 bits per heavy atom. The summed E-state index contributed by atoms with van der Waals surface area (Å²) in [6.07, 6.45) is 5.02. The number of hydrogen-bond donors (Lipinski definition) is 0. The van der Waals surface area contributed by atoms with E-state index in [1.54, 1.807) is 66.8 Å². The fourth-order valence-electron chi connectivity index (χ4n) is 5.86. The van der Waals surface area contributed by atoms with E-state index in [1.165, 1.54) is 0 Å². The lowest BCUT2D eigenvalue weighted by Gasteiger charge is -2.34. The van der Waals surface area contributed by atoms with Crippen LogP contribution in [0.2, 0.25) is 0 Å². The molecule has 6 nitrogen and oxygen atoms in total. The summed E-state index contributed by atoms with van der Waals surface area (Å²) in [4.78, 5) is 44.3. The second kappa shape index (κ2) is 7.78. The summed E-state index contributed by atoms with van der Waals surface area (Å²) in [6, 6.07) is 14.7. The second-order valence-corrected chi connectivity index (χ2v) is 10.3. The first-order valence-corrected chi connectivity index (χ1v) is 11.6. The summed E-state index contributed by atoms with van der Waals surface area (Å²) in [7, 11) is 1.57. The Bertz CT molecular complexity index is 1320. The maximum Gasteiger partial charge on any atom is 0.180 e. The van der Waals surface area contributed by atoms with Crippen LogP contribution in [0.15, 0.2) is 72.5 Å². The van der Waals surface area contributed by atoms with Crippen molar-refractivity contribution in [3.05, 3.63) is 89.1 Å². The number of ketones is 3. The highest BCUT2D eigenvalue weighted by atomic mass is 16.5. The largest absolute Gasteiger partial charge is 0.497 e. The molecule has 2 heterocycles. The molecule has 3 atom stereocenters. The molecular formula is C29H26N2O4. The molecule has 0 unspecified atom stereocenters. The van der Waals surface area contributed by atoms with Crippen LogP contribution >= 0.6 is 0 Å². The van der Waals surface area contributed by atoms with Gasteiger partial charge in [0.2, 0.25) is 0 Å². The number of benzene rings is 2. The number of fused-ring (bicyclic) bond motifs is 3. The second-order valence-electron chi connectivity index (χ2n) is 10.3. The van der Waals surface area contributed by atoms with Crippen molar-refractivity contribution in [3.63, 3.8) is 0 Å². The summed E-state index contributed by atoms with van der Waals surface area (Å²) in [5, 5.41) is 9.61. The predicted molar refractivity (Wildman–Crippen MR) is 130 cm³/mol. The van der Waals surface area contributed by atoms with Crippen LogP contribution in [0.4, 0.5) is 0 Å². The van der Waals surface area contributed by atoms with E-state index in [1.807, 2.05) is 32.9 Å². The van der Waals surface area contributed by atoms with Crippen LogP contribution in [0.1, 0.15) is 53.0 Å². The summed E-state index contributed by atoms with van der Waals surface area (Å²) in [6.45, 7) is 5.51. The molecule has 2 aromatic carbocycles. The summed E-state index contributed by atoms with van der Waals surface area (Å²) in [5.41, 5.74) is -0.444. The normalized spacial score (nSPS) is 24.1. The van der Waals surface area contributed by atoms with E-state index < -0.39 is 28.8 Å². The first-order valence-electron chi connectivity index (χ1n) is 11.6. The van der Waals surface area contributed by atoms with Crippen molar-refractivity contribution in [1.29, 1.82) is 5.26 Å². The van der Waals surface area contributed by atoms with Crippen molar-refractivity contribution < 1.29 is 19.1 Å². The SMILES string of the molecule is COc1ccc([C@@H]2[C@@H](C(=O)C(C)(C)C)N3C=C(C#N)C=C[C@@H]3C23C(=O)c2ccccc2C3=O)cc1. The van der Waals surface area contributed by atoms with E-state index in [9.17, 15) is 19.6 Å². The Hall–Kier alpha value is -3.98. The summed E-state index contributed by atoms with van der Waals surface area (Å²) < 4.78 is 5.33. The fourth-order valence-corrected chi connectivity index (χ4v) is 5.86. The molecule has 0 bridgehead atoms. The number of carbonyl (C=O) groups is 3. The van der Waals surface area contributed by atoms with E-state index in [0.717, 1.165) is 0 Å². The molecule has 0 aromatic heterocycles. The van der Waals surface area contributed by atoms with Crippen LogP contribution in [0.5, 0.6) is 5.75 Å². The molecular weight excluding hydrogens is 440 g/mol. The molecule has 1 aliphatic carbocycles. The highest BCUT2D eigenvalue weighted by molar-refractivity contribution is 6.31. The maximum absolute atomic E-state index is 14.3. The van der Waals surface area contributed by atoms with Crippen molar-refractivity contribution in [2.45, 2.75) is 38.8 Å². The van der Waals surface area contributed by atoms with Gasteiger partial charge in [0.25, 0.3) is 0 Å². The van der Waals surface area contributed by atoms with Crippen molar-refractivity contribution in [2.24, 2.45) is 10.8 Å². The van der Waals surface area contributed by atoms with Gasteiger partial charge in [-0.05, 0) is 23.8 Å². The number of carbonyl (C=O) groups excluding carboxylic acids is 3. The fraction of sp³-hybridized carbons (Fsp3) is 0.310. The van der Waals surface area contributed by atoms with Crippen LogP contribution < -0.4 is 4.74 Å². The number of hydrogen-bond acceptors (Lipinski definition) is 6. The van der Waals surface area contributed by atoms with Crippen LogP contribution in [-0.4, -0.2) is 41.4 Å². The number of nitriles is 1. The molecule has 0 radical (unpaired) electrons. The molecule has 0 amide bonds. The summed E-state index contributed by atoms with van der Waals surface area (Å²) in [5.74, 6) is -0.777. The Morgan fingerprint density at radius 1 is 1.03 bits per heavy atom. The molecule has 0 N–H and O–H groups in total. The van der Waals surface area contributed by atoms with Crippen LogP contribution in [0, 0.1) is 22.2 Å². The lowest BCUT2D eigenvalue weighted by atomic mass is 9.63. The van der Waals surface area contributed by atoms with Gasteiger partial charge in [0.15, 0.2) is 17.3 Å². The zero-order valence-electron chi connectivity index (χ0n) is 20.1. The van der Waals surface area contributed by atoms with Gasteiger partial charge in [0, 0.05) is 28.7 Å². The van der Waals surface area contributed by atoms with Gasteiger partial charge in [-0.1, -0.05) is 63.2 Å². The van der Waals surface area contributed by atoms with Gasteiger partial charge in [-0.2, -0.15) is 5.26 Å². The van der Waals surface area contributed by atoms with Crippen LogP contribution in [-0.2, 0) is 4.79 Å². The van der Waals surface area contributed by atoms with Crippen molar-refractivity contribution >= 4 is 17.3 Å². The average molecular weight is 467 g/mol. The predicted octanol–water partition coefficient (Wildman–Crippen LogP) is 4.49. The zero-order chi connectivity index (χ0) is 25.1. The molecule has 2 aliphatic heterocycles. The van der Waals surface area contributed by atoms with E-state index in [2.05, 4.69) is 6.07 Å². The molecule has 176 valence electrons. The lowest BCUT2D eigenvalue weighted by Crippen LogP contribution is -2.47. The Kier molecular flexibility index (Phi) is 5.06. The first kappa shape index (κ1) is 22.8. The average Bonchev–Trinajstić information content (AvgIpc) is 3.28. The molecule has 1 spiro atoms. The maximum atomic E-state index is 14.3. The molecule has 2 aromatic rings. The standard InChI is InChI=1S/C29H26N2O4/c1-28(2,3)27(34)24-23(18-10-12-19(35-4)13-11-18)29(22-14-9-17(15-30)16-31(22)24)25(32)20-7-5-6-8-21(20)26(29)33/h5-14,16,22-24H,1-4H3/t22-,23-,24+/m1/s1. The minimum Gasteiger partial charge on any atom is -0.497 e. The quantitative estimate of drug-likeness (QED) is 0.620. The number of nitrogens with zero attached hydrogens (tertiary/aromatic N) is 2. The number of allylic oxidation sites excluding steroid dienone is 2. The third-order valence-corrected chi connectivity index (χ3v) is 7.44. The molecule has 1 fully saturated rings. The molecule has 35 heavy (non-hydrogen) atoms. The number of rotatable bonds is 3. The number of methoxy groups -OCH3 is 1. The van der Waals surface area contributed by atoms with Gasteiger partial charge >= 0.3 is 0 Å². The van der Waals surface area contributed by atoms with Crippen LogP contribution in [0.3, 0.4) is 0 Å². The first-order chi connectivity index (χ1) is 16.7. The zero-order valence-corrected chi connectivity index (χ0v) is 20.1. The number of ether oxygens (including phenoxy) is 1. The minimum absolute atomic E-state index is 0.0967. The van der Waals surface area contributed by atoms with Gasteiger partial charge in [-0.3, -0.25) is 14.4 Å². The van der Waals surface area contributed by atoms with E-state index in [4.69, 9.17) is 4.74 Å². The Balaban J connectivity index is 1.83. The molecule has 0 saturated carbocycles. The van der Waals surface area contributed by atoms with E-state index >= 15 is 0 Å². The van der Waals surface area contributed by atoms with Gasteiger partial charge < -0.3 is 9.64 Å². The smallest absolute Gasteiger partial charge is 0.180 e. The molecule has 5 rings (SSSR count). The molecule has 6 heteroatoms. The van der Waals surface area contributed by atoms with Crippen molar-refractivity contribution in [1.82, 2.24) is 4.90 Å². The Labute approximate surface area is 204 Å². The molecule has 1 saturated heterocycles. The van der Waals surface area contributed by atoms with Crippen molar-refractivity contribution in [3.8, 4) is 11.8 Å². The third-order valence-electron chi connectivity index (χ3n) is 7.44. The third kappa shape index (κ3) is 3.04. The van der Waals surface area contributed by atoms with Crippen molar-refractivity contribution in [2.75, 3.05) is 7.11 Å². The van der Waals surface area contributed by atoms with E-state index in [-0.39, 0.29) is 17.3 Å². The number of Topliss-reactive ketones (excluding diaryl/α,β-unsaturated/α-hetero) is 3. The Morgan fingerprint density at radius 2 is 1.63 bits per heavy atom. The van der Waals surface area contributed by atoms with Gasteiger partial charge in [-0.15, -0.1) is 0 Å². The molecule has 3 aliphatic rings. The highest BCUT2D eigenvalue weighted by Crippen LogP contribution is 2.60. The van der Waals surface area contributed by atoms with Gasteiger partial charge in [-0.25, -0.2) is 0 Å². The van der Waals surface area contributed by atoms with E-state index in [0.29, 0.717) is 28.0 Å². The topological polar surface area (TPSA) is 87.5 Å². The van der Waals surface area contributed by atoms with Gasteiger partial charge in [0.1, 0.15) is 17.2 Å². The lowest BCUT2D eigenvalue weighted by molar-refractivity contribution is -0.130. The monoisotopic (exact) mass is 466 g/mol. The van der Waals surface area contributed by atoms with Gasteiger partial charge in [0.05, 0.1) is 24.8 Å². The minimum atomic E-state index is -1.53. The summed E-state index contributed by atoms with van der Waals surface area (Å²) >= 11 is 0. The highest BCUT2D eigenvalue weighted by Gasteiger charge is 2.71.